The number of methoxy groups -OCH3 is 1. The number of benzene rings is 3. The third-order valence-electron chi connectivity index (χ3n) is 6.53. The van der Waals surface area contributed by atoms with Crippen molar-refractivity contribution in [3.8, 4) is 5.75 Å². The summed E-state index contributed by atoms with van der Waals surface area (Å²) in [5, 5.41) is 3.49. The molecule has 3 aromatic carbocycles. The summed E-state index contributed by atoms with van der Waals surface area (Å²) in [6, 6.07) is 21.9. The standard InChI is InChI=1S/C30H36ClN3O5S/c1-5-22(2)32-30(36)28(18-23-11-7-6-8-12-23)33(20-24-13-9-14-25(31)17-24)29(35)21-34(40(4,37)38)26-15-10-16-27(19-26)39-3/h6-17,19,22,28H,5,18,20-21H2,1-4H3,(H,32,36). The van der Waals surface area contributed by atoms with Crippen molar-refractivity contribution in [2.75, 3.05) is 24.2 Å². The first-order valence-corrected chi connectivity index (χ1v) is 15.2. The summed E-state index contributed by atoms with van der Waals surface area (Å²) in [6.07, 6.45) is 2.00. The van der Waals surface area contributed by atoms with Gasteiger partial charge in [0.1, 0.15) is 18.3 Å². The maximum atomic E-state index is 14.1. The molecule has 0 aliphatic rings. The number of rotatable bonds is 13. The van der Waals surface area contributed by atoms with Crippen LogP contribution in [0.3, 0.4) is 0 Å². The van der Waals surface area contributed by atoms with E-state index in [1.807, 2.05) is 50.2 Å². The van der Waals surface area contributed by atoms with Gasteiger partial charge in [0.25, 0.3) is 0 Å². The Labute approximate surface area is 241 Å². The Morgan fingerprint density at radius 3 is 2.27 bits per heavy atom. The predicted molar refractivity (Wildman–Crippen MR) is 159 cm³/mol. The molecule has 214 valence electrons. The Balaban J connectivity index is 2.06. The second-order valence-corrected chi connectivity index (χ2v) is 12.0. The fourth-order valence-electron chi connectivity index (χ4n) is 4.21. The van der Waals surface area contributed by atoms with Gasteiger partial charge in [0.05, 0.1) is 19.1 Å². The van der Waals surface area contributed by atoms with E-state index < -0.39 is 28.5 Å². The Morgan fingerprint density at radius 1 is 0.975 bits per heavy atom. The van der Waals surface area contributed by atoms with E-state index in [-0.39, 0.29) is 30.6 Å². The van der Waals surface area contributed by atoms with Gasteiger partial charge >= 0.3 is 0 Å². The van der Waals surface area contributed by atoms with Gasteiger partial charge < -0.3 is 15.0 Å². The van der Waals surface area contributed by atoms with E-state index in [2.05, 4.69) is 5.32 Å². The molecule has 1 N–H and O–H groups in total. The van der Waals surface area contributed by atoms with Crippen molar-refractivity contribution < 1.29 is 22.7 Å². The zero-order valence-corrected chi connectivity index (χ0v) is 24.8. The molecule has 0 fully saturated rings. The summed E-state index contributed by atoms with van der Waals surface area (Å²) in [5.41, 5.74) is 1.85. The largest absolute Gasteiger partial charge is 0.497 e. The van der Waals surface area contributed by atoms with Gasteiger partial charge in [-0.05, 0) is 48.7 Å². The lowest BCUT2D eigenvalue weighted by Gasteiger charge is -2.34. The van der Waals surface area contributed by atoms with Crippen LogP contribution < -0.4 is 14.4 Å². The number of hydrogen-bond donors (Lipinski definition) is 1. The van der Waals surface area contributed by atoms with Gasteiger partial charge in [-0.25, -0.2) is 8.42 Å². The van der Waals surface area contributed by atoms with Gasteiger partial charge in [-0.2, -0.15) is 0 Å². The molecule has 0 saturated carbocycles. The average molecular weight is 586 g/mol. The molecule has 2 unspecified atom stereocenters. The Morgan fingerprint density at radius 2 is 1.65 bits per heavy atom. The fraction of sp³-hybridized carbons (Fsp3) is 0.333. The lowest BCUT2D eigenvalue weighted by atomic mass is 10.0. The highest BCUT2D eigenvalue weighted by atomic mass is 35.5. The molecule has 0 radical (unpaired) electrons. The summed E-state index contributed by atoms with van der Waals surface area (Å²) in [6.45, 7) is 3.41. The average Bonchev–Trinajstić information content (AvgIpc) is 2.93. The number of hydrogen-bond acceptors (Lipinski definition) is 5. The number of nitrogens with one attached hydrogen (secondary N) is 1. The molecule has 0 heterocycles. The summed E-state index contributed by atoms with van der Waals surface area (Å²) in [7, 11) is -2.39. The van der Waals surface area contributed by atoms with Crippen molar-refractivity contribution >= 4 is 39.1 Å². The van der Waals surface area contributed by atoms with E-state index in [0.717, 1.165) is 16.1 Å². The second kappa shape index (κ2) is 14.2. The Hall–Kier alpha value is -3.56. The monoisotopic (exact) mass is 585 g/mol. The molecule has 0 aliphatic heterocycles. The van der Waals surface area contributed by atoms with Gasteiger partial charge in [0.2, 0.25) is 21.8 Å². The maximum Gasteiger partial charge on any atom is 0.244 e. The summed E-state index contributed by atoms with van der Waals surface area (Å²) in [5.74, 6) is -0.404. The van der Waals surface area contributed by atoms with Crippen LogP contribution in [0.25, 0.3) is 0 Å². The number of nitrogens with zero attached hydrogens (tertiary/aromatic N) is 2. The molecular weight excluding hydrogens is 550 g/mol. The van der Waals surface area contributed by atoms with E-state index in [0.29, 0.717) is 22.8 Å². The molecule has 10 heteroatoms. The van der Waals surface area contributed by atoms with Gasteiger partial charge in [-0.3, -0.25) is 13.9 Å². The first kappa shape index (κ1) is 31.0. The van der Waals surface area contributed by atoms with Gasteiger partial charge in [0, 0.05) is 30.1 Å². The number of halogens is 1. The molecular formula is C30H36ClN3O5S. The summed E-state index contributed by atoms with van der Waals surface area (Å²) < 4.78 is 32.1. The van der Waals surface area contributed by atoms with Gasteiger partial charge in [0.15, 0.2) is 0 Å². The zero-order chi connectivity index (χ0) is 29.3. The van der Waals surface area contributed by atoms with Crippen molar-refractivity contribution in [2.24, 2.45) is 0 Å². The summed E-state index contributed by atoms with van der Waals surface area (Å²) in [4.78, 5) is 29.2. The number of carbonyl (C=O) groups is 2. The Kier molecular flexibility index (Phi) is 11.0. The molecule has 0 aliphatic carbocycles. The number of sulfonamides is 1. The minimum absolute atomic E-state index is 0.0561. The quantitative estimate of drug-likeness (QED) is 0.314. The fourth-order valence-corrected chi connectivity index (χ4v) is 5.26. The molecule has 0 spiro atoms. The minimum Gasteiger partial charge on any atom is -0.497 e. The topological polar surface area (TPSA) is 96.0 Å². The predicted octanol–water partition coefficient (Wildman–Crippen LogP) is 4.67. The summed E-state index contributed by atoms with van der Waals surface area (Å²) >= 11 is 6.24. The van der Waals surface area contributed by atoms with Crippen molar-refractivity contribution in [1.82, 2.24) is 10.2 Å². The zero-order valence-electron chi connectivity index (χ0n) is 23.2. The molecule has 0 bridgehead atoms. The van der Waals surface area contributed by atoms with Crippen LogP contribution in [0.2, 0.25) is 5.02 Å². The lowest BCUT2D eigenvalue weighted by Crippen LogP contribution is -2.54. The number of anilines is 1. The van der Waals surface area contributed by atoms with E-state index in [1.165, 1.54) is 12.0 Å². The highest BCUT2D eigenvalue weighted by molar-refractivity contribution is 7.92. The lowest BCUT2D eigenvalue weighted by molar-refractivity contribution is -0.140. The highest BCUT2D eigenvalue weighted by Gasteiger charge is 2.33. The van der Waals surface area contributed by atoms with E-state index in [1.54, 1.807) is 42.5 Å². The maximum absolute atomic E-state index is 14.1. The molecule has 2 atom stereocenters. The number of amides is 2. The minimum atomic E-state index is -3.87. The van der Waals surface area contributed by atoms with Gasteiger partial charge in [-0.15, -0.1) is 0 Å². The SMILES string of the molecule is CCC(C)NC(=O)C(Cc1ccccc1)N(Cc1cccc(Cl)c1)C(=O)CN(c1cccc(OC)c1)S(C)(=O)=O. The van der Waals surface area contributed by atoms with Crippen LogP contribution in [-0.2, 0) is 32.6 Å². The molecule has 0 saturated heterocycles. The van der Waals surface area contributed by atoms with Crippen LogP contribution in [0.1, 0.15) is 31.4 Å². The van der Waals surface area contributed by atoms with Crippen LogP contribution in [0.4, 0.5) is 5.69 Å². The van der Waals surface area contributed by atoms with Crippen LogP contribution in [0.5, 0.6) is 5.75 Å². The first-order valence-electron chi connectivity index (χ1n) is 13.0. The molecule has 3 rings (SSSR count). The first-order chi connectivity index (χ1) is 19.0. The number of carbonyl (C=O) groups excluding carboxylic acids is 2. The van der Waals surface area contributed by atoms with Gasteiger partial charge in [-0.1, -0.05) is 67.1 Å². The molecule has 0 aromatic heterocycles. The third-order valence-corrected chi connectivity index (χ3v) is 7.91. The van der Waals surface area contributed by atoms with E-state index in [4.69, 9.17) is 16.3 Å². The van der Waals surface area contributed by atoms with Crippen molar-refractivity contribution in [3.63, 3.8) is 0 Å². The molecule has 40 heavy (non-hydrogen) atoms. The number of ether oxygens (including phenoxy) is 1. The third kappa shape index (κ3) is 8.72. The van der Waals surface area contributed by atoms with Crippen molar-refractivity contribution in [1.29, 1.82) is 0 Å². The van der Waals surface area contributed by atoms with Crippen LogP contribution in [0, 0.1) is 0 Å². The molecule has 8 nitrogen and oxygen atoms in total. The molecule has 3 aromatic rings. The van der Waals surface area contributed by atoms with E-state index in [9.17, 15) is 18.0 Å². The normalized spacial score (nSPS) is 12.7. The van der Waals surface area contributed by atoms with Crippen LogP contribution in [0.15, 0.2) is 78.9 Å². The van der Waals surface area contributed by atoms with Crippen molar-refractivity contribution in [2.45, 2.75) is 45.3 Å². The molecule has 2 amide bonds. The Bertz CT molecular complexity index is 1400. The van der Waals surface area contributed by atoms with E-state index >= 15 is 0 Å². The van der Waals surface area contributed by atoms with Crippen LogP contribution in [-0.4, -0.2) is 57.1 Å². The smallest absolute Gasteiger partial charge is 0.244 e. The van der Waals surface area contributed by atoms with Crippen LogP contribution >= 0.6 is 11.6 Å². The van der Waals surface area contributed by atoms with Crippen molar-refractivity contribution in [3.05, 3.63) is 95.0 Å². The highest BCUT2D eigenvalue weighted by Crippen LogP contribution is 2.24. The second-order valence-electron chi connectivity index (χ2n) is 9.65.